The van der Waals surface area contributed by atoms with Gasteiger partial charge in [0, 0.05) is 17.9 Å². The lowest BCUT2D eigenvalue weighted by atomic mass is 10.1. The maximum absolute atomic E-state index is 11.0. The monoisotopic (exact) mass is 391 g/mol. The topological polar surface area (TPSA) is 116 Å². The first-order valence-corrected chi connectivity index (χ1v) is 9.96. The van der Waals surface area contributed by atoms with Gasteiger partial charge in [-0.1, -0.05) is 17.7 Å². The summed E-state index contributed by atoms with van der Waals surface area (Å²) < 4.78 is 30.7. The van der Waals surface area contributed by atoms with Gasteiger partial charge in [0.1, 0.15) is 11.4 Å². The lowest BCUT2D eigenvalue weighted by Crippen LogP contribution is -2.20. The highest BCUT2D eigenvalue weighted by Gasteiger charge is 2.15. The van der Waals surface area contributed by atoms with E-state index < -0.39 is 10.1 Å². The minimum Gasteiger partial charge on any atom is -0.341 e. The second-order valence-electron chi connectivity index (χ2n) is 6.32. The molecule has 144 valence electrons. The largest absolute Gasteiger partial charge is 0.341 e. The zero-order chi connectivity index (χ0) is 20.0. The normalized spacial score (nSPS) is 11.2. The molecular weight excluding hydrogens is 370 g/mol. The Bertz CT molecular complexity index is 918. The van der Waals surface area contributed by atoms with E-state index in [0.717, 1.165) is 16.8 Å². The summed E-state index contributed by atoms with van der Waals surface area (Å²) >= 11 is 0. The molecule has 0 saturated carbocycles. The molecule has 0 saturated heterocycles. The van der Waals surface area contributed by atoms with Gasteiger partial charge in [-0.25, -0.2) is 0 Å². The van der Waals surface area contributed by atoms with Crippen molar-refractivity contribution in [2.24, 2.45) is 10.4 Å². The van der Waals surface area contributed by atoms with Crippen LogP contribution in [0.1, 0.15) is 24.0 Å². The molecule has 0 radical (unpaired) electrons. The molecule has 0 aliphatic rings. The molecule has 1 N–H and O–H groups in total. The van der Waals surface area contributed by atoms with Gasteiger partial charge in [0.15, 0.2) is 0 Å². The Hall–Kier alpha value is -2.65. The number of benzene rings is 2. The van der Waals surface area contributed by atoms with E-state index in [1.54, 1.807) is 12.1 Å². The van der Waals surface area contributed by atoms with Crippen LogP contribution in [-0.4, -0.2) is 25.3 Å². The van der Waals surface area contributed by atoms with Gasteiger partial charge >= 0.3 is 0 Å². The Kier molecular flexibility index (Phi) is 6.75. The number of nitrogens with zero attached hydrogens (tertiary/aromatic N) is 3. The number of hydrogen-bond acceptors (Lipinski definition) is 7. The van der Waals surface area contributed by atoms with Gasteiger partial charge in [-0.15, -0.1) is 9.81 Å². The van der Waals surface area contributed by atoms with Crippen molar-refractivity contribution >= 4 is 32.9 Å². The van der Waals surface area contributed by atoms with E-state index in [2.05, 4.69) is 10.4 Å². The number of unbranched alkanes of at least 4 members (excludes halogenated alkanes) is 1. The van der Waals surface area contributed by atoms with Crippen molar-refractivity contribution in [3.8, 4) is 0 Å². The van der Waals surface area contributed by atoms with Gasteiger partial charge in [0.25, 0.3) is 10.1 Å². The Morgan fingerprint density at radius 1 is 0.963 bits per heavy atom. The van der Waals surface area contributed by atoms with Crippen LogP contribution >= 0.6 is 0 Å². The summed E-state index contributed by atoms with van der Waals surface area (Å²) in [6.45, 7) is 4.33. The highest BCUT2D eigenvalue weighted by Crippen LogP contribution is 2.35. The van der Waals surface area contributed by atoms with Crippen LogP contribution in [0.3, 0.4) is 0 Å². The second kappa shape index (κ2) is 8.83. The van der Waals surface area contributed by atoms with E-state index in [-0.39, 0.29) is 23.5 Å². The number of anilines is 2. The summed E-state index contributed by atoms with van der Waals surface area (Å²) in [6.07, 6.45) is 0.736. The van der Waals surface area contributed by atoms with Crippen molar-refractivity contribution in [2.75, 3.05) is 17.2 Å². The van der Waals surface area contributed by atoms with Crippen LogP contribution in [0.4, 0.5) is 22.7 Å². The first-order valence-electron chi connectivity index (χ1n) is 8.35. The van der Waals surface area contributed by atoms with Crippen LogP contribution in [0.2, 0.25) is 0 Å². The van der Waals surface area contributed by atoms with Gasteiger partial charge < -0.3 is 4.90 Å². The molecule has 0 atom stereocenters. The van der Waals surface area contributed by atoms with E-state index in [1.165, 1.54) is 6.07 Å². The van der Waals surface area contributed by atoms with Crippen LogP contribution in [0.25, 0.3) is 0 Å². The number of hydrogen-bond donors (Lipinski definition) is 1. The Labute approximate surface area is 157 Å². The second-order valence-corrected chi connectivity index (χ2v) is 7.90. The average Bonchev–Trinajstić information content (AvgIpc) is 2.61. The Balaban J connectivity index is 2.40. The molecule has 0 bridgehead atoms. The van der Waals surface area contributed by atoms with Crippen molar-refractivity contribution < 1.29 is 13.0 Å². The summed E-state index contributed by atoms with van der Waals surface area (Å²) in [4.78, 5) is 23.8. The van der Waals surface area contributed by atoms with Gasteiger partial charge in [-0.05, 0) is 66.9 Å². The molecule has 0 unspecified atom stereocenters. The molecule has 9 heteroatoms. The van der Waals surface area contributed by atoms with E-state index >= 15 is 0 Å². The van der Waals surface area contributed by atoms with Gasteiger partial charge in [-0.3, -0.25) is 4.55 Å². The van der Waals surface area contributed by atoms with Crippen molar-refractivity contribution in [1.82, 2.24) is 0 Å². The first-order chi connectivity index (χ1) is 12.7. The minimum absolute atomic E-state index is 0.0785. The van der Waals surface area contributed by atoms with Crippen LogP contribution < -0.4 is 4.90 Å². The summed E-state index contributed by atoms with van der Waals surface area (Å²) in [6, 6.07) is 10.2. The summed E-state index contributed by atoms with van der Waals surface area (Å²) in [5, 5.41) is 5.79. The third-order valence-electron chi connectivity index (χ3n) is 4.09. The first kappa shape index (κ1) is 20.7. The van der Waals surface area contributed by atoms with Gasteiger partial charge in [0.2, 0.25) is 0 Å². The standard InChI is InChI=1S/C18H21N3O5S/c1-13-5-6-18(14(2)9-13)21(7-3-4-8-27(24,25)26)17-11-15(19-22)10-16(12-17)20-23/h5-6,9-12H,3-4,7-8H2,1-2H3,(H,24,25,26). The molecule has 2 aromatic carbocycles. The van der Waals surface area contributed by atoms with E-state index in [9.17, 15) is 18.2 Å². The van der Waals surface area contributed by atoms with Crippen LogP contribution in [0.5, 0.6) is 0 Å². The number of rotatable bonds is 9. The average molecular weight is 391 g/mol. The maximum Gasteiger partial charge on any atom is 0.264 e. The fraction of sp³-hybridized carbons (Fsp3) is 0.333. The van der Waals surface area contributed by atoms with Crippen LogP contribution in [-0.2, 0) is 10.1 Å². The SMILES string of the molecule is Cc1ccc(N(CCCCS(=O)(=O)O)c2cc(N=O)cc(N=O)c2)c(C)c1. The fourth-order valence-corrected chi connectivity index (χ4v) is 3.46. The zero-order valence-corrected chi connectivity index (χ0v) is 15.9. The zero-order valence-electron chi connectivity index (χ0n) is 15.1. The summed E-state index contributed by atoms with van der Waals surface area (Å²) in [5.74, 6) is -0.329. The quantitative estimate of drug-likeness (QED) is 0.369. The fourth-order valence-electron chi connectivity index (χ4n) is 2.89. The molecule has 27 heavy (non-hydrogen) atoms. The predicted octanol–water partition coefficient (Wildman–Crippen LogP) is 4.91. The van der Waals surface area contributed by atoms with E-state index in [0.29, 0.717) is 18.7 Å². The molecule has 2 aromatic rings. The van der Waals surface area contributed by atoms with Gasteiger partial charge in [0.05, 0.1) is 5.75 Å². The van der Waals surface area contributed by atoms with Crippen molar-refractivity contribution in [3.05, 3.63) is 57.3 Å². The third-order valence-corrected chi connectivity index (χ3v) is 4.89. The Morgan fingerprint density at radius 2 is 1.59 bits per heavy atom. The summed E-state index contributed by atoms with van der Waals surface area (Å²) in [5.41, 5.74) is 3.63. The van der Waals surface area contributed by atoms with Crippen molar-refractivity contribution in [2.45, 2.75) is 26.7 Å². The smallest absolute Gasteiger partial charge is 0.264 e. The van der Waals surface area contributed by atoms with Crippen molar-refractivity contribution in [1.29, 1.82) is 0 Å². The highest BCUT2D eigenvalue weighted by atomic mass is 32.2. The molecule has 0 aromatic heterocycles. The lowest BCUT2D eigenvalue weighted by Gasteiger charge is -2.27. The predicted molar refractivity (Wildman–Crippen MR) is 106 cm³/mol. The third kappa shape index (κ3) is 5.93. The number of nitroso groups, excluding NO2 is 2. The molecule has 0 amide bonds. The molecule has 0 heterocycles. The lowest BCUT2D eigenvalue weighted by molar-refractivity contribution is 0.480. The molecule has 0 fully saturated rings. The molecular formula is C18H21N3O5S. The molecule has 2 rings (SSSR count). The number of aryl methyl sites for hydroxylation is 2. The minimum atomic E-state index is -4.02. The molecule has 0 aliphatic heterocycles. The maximum atomic E-state index is 11.0. The van der Waals surface area contributed by atoms with Crippen molar-refractivity contribution in [3.63, 3.8) is 0 Å². The highest BCUT2D eigenvalue weighted by molar-refractivity contribution is 7.85. The van der Waals surface area contributed by atoms with E-state index in [1.807, 2.05) is 36.9 Å². The molecule has 0 aliphatic carbocycles. The Morgan fingerprint density at radius 3 is 2.11 bits per heavy atom. The van der Waals surface area contributed by atoms with E-state index in [4.69, 9.17) is 4.55 Å². The molecule has 0 spiro atoms. The summed E-state index contributed by atoms with van der Waals surface area (Å²) in [7, 11) is -4.02. The van der Waals surface area contributed by atoms with Crippen LogP contribution in [0, 0.1) is 23.7 Å². The van der Waals surface area contributed by atoms with Gasteiger partial charge in [-0.2, -0.15) is 8.42 Å². The van der Waals surface area contributed by atoms with Crippen LogP contribution in [0.15, 0.2) is 46.8 Å². The molecule has 8 nitrogen and oxygen atoms in total.